The third-order valence-electron chi connectivity index (χ3n) is 3.34. The average Bonchev–Trinajstić information content (AvgIpc) is 2.86. The Morgan fingerprint density at radius 1 is 1.38 bits per heavy atom. The number of carbonyl (C=O) groups excluding carboxylic acids is 1. The minimum atomic E-state index is -0.515. The number of methoxy groups -OCH3 is 1. The molecule has 0 saturated heterocycles. The van der Waals surface area contributed by atoms with E-state index in [1.54, 1.807) is 12.1 Å². The van der Waals surface area contributed by atoms with Gasteiger partial charge in [0.2, 0.25) is 0 Å². The highest BCUT2D eigenvalue weighted by molar-refractivity contribution is 7.15. The number of ether oxygens (including phenoxy) is 1. The summed E-state index contributed by atoms with van der Waals surface area (Å²) in [6.45, 7) is 5.78. The SMILES string of the molecule is COc1ccc(C)cc1NC(=O)/C(C#N)=C\Nc1nc(C)c(C)s1. The minimum absolute atomic E-state index is 0.0518. The van der Waals surface area contributed by atoms with Gasteiger partial charge in [0, 0.05) is 11.1 Å². The summed E-state index contributed by atoms with van der Waals surface area (Å²) < 4.78 is 5.22. The van der Waals surface area contributed by atoms with E-state index in [4.69, 9.17) is 4.74 Å². The molecular weight excluding hydrogens is 324 g/mol. The zero-order chi connectivity index (χ0) is 17.7. The lowest BCUT2D eigenvalue weighted by Gasteiger charge is -2.10. The van der Waals surface area contributed by atoms with Gasteiger partial charge in [-0.1, -0.05) is 6.07 Å². The quantitative estimate of drug-likeness (QED) is 0.641. The van der Waals surface area contributed by atoms with Gasteiger partial charge in [-0.3, -0.25) is 4.79 Å². The summed E-state index contributed by atoms with van der Waals surface area (Å²) >= 11 is 1.46. The number of rotatable bonds is 5. The Kier molecular flexibility index (Phi) is 5.55. The van der Waals surface area contributed by atoms with E-state index < -0.39 is 5.91 Å². The van der Waals surface area contributed by atoms with Crippen LogP contribution < -0.4 is 15.4 Å². The van der Waals surface area contributed by atoms with Crippen molar-refractivity contribution in [3.8, 4) is 11.8 Å². The molecule has 1 heterocycles. The summed E-state index contributed by atoms with van der Waals surface area (Å²) in [5.74, 6) is 0.0178. The van der Waals surface area contributed by atoms with E-state index in [-0.39, 0.29) is 5.57 Å². The van der Waals surface area contributed by atoms with Crippen molar-refractivity contribution in [2.45, 2.75) is 20.8 Å². The Morgan fingerprint density at radius 2 is 2.12 bits per heavy atom. The average molecular weight is 342 g/mol. The third-order valence-corrected chi connectivity index (χ3v) is 4.34. The van der Waals surface area contributed by atoms with Crippen molar-refractivity contribution in [2.24, 2.45) is 0 Å². The van der Waals surface area contributed by atoms with E-state index in [2.05, 4.69) is 15.6 Å². The van der Waals surface area contributed by atoms with Crippen LogP contribution in [0.2, 0.25) is 0 Å². The van der Waals surface area contributed by atoms with Gasteiger partial charge in [0.05, 0.1) is 18.5 Å². The number of nitrogens with one attached hydrogen (secondary N) is 2. The van der Waals surface area contributed by atoms with Crippen LogP contribution in [0.5, 0.6) is 5.75 Å². The van der Waals surface area contributed by atoms with Gasteiger partial charge in [-0.05, 0) is 38.5 Å². The second-order valence-corrected chi connectivity index (χ2v) is 6.34. The first-order valence-corrected chi connectivity index (χ1v) is 8.03. The molecule has 0 spiro atoms. The molecule has 2 N–H and O–H groups in total. The largest absolute Gasteiger partial charge is 0.495 e. The molecule has 1 aromatic carbocycles. The van der Waals surface area contributed by atoms with Crippen LogP contribution >= 0.6 is 11.3 Å². The molecule has 2 aromatic rings. The number of carbonyl (C=O) groups is 1. The van der Waals surface area contributed by atoms with E-state index in [1.165, 1.54) is 24.6 Å². The van der Waals surface area contributed by atoms with Crippen LogP contribution in [0.1, 0.15) is 16.1 Å². The number of nitrogens with zero attached hydrogens (tertiary/aromatic N) is 2. The number of benzene rings is 1. The number of amides is 1. The Balaban J connectivity index is 2.16. The van der Waals surface area contributed by atoms with Gasteiger partial charge in [-0.25, -0.2) is 4.98 Å². The predicted octanol–water partition coefficient (Wildman–Crippen LogP) is 3.54. The molecule has 2 rings (SSSR count). The molecule has 1 amide bonds. The molecule has 24 heavy (non-hydrogen) atoms. The molecular formula is C17H18N4O2S. The third kappa shape index (κ3) is 4.12. The molecule has 0 saturated carbocycles. The fraction of sp³-hybridized carbons (Fsp3) is 0.235. The van der Waals surface area contributed by atoms with Crippen LogP contribution in [0.15, 0.2) is 30.0 Å². The highest BCUT2D eigenvalue weighted by atomic mass is 32.1. The minimum Gasteiger partial charge on any atom is -0.495 e. The van der Waals surface area contributed by atoms with Crippen molar-refractivity contribution in [1.82, 2.24) is 4.98 Å². The summed E-state index contributed by atoms with van der Waals surface area (Å²) in [7, 11) is 1.52. The summed E-state index contributed by atoms with van der Waals surface area (Å²) in [5.41, 5.74) is 2.36. The molecule has 0 unspecified atom stereocenters. The van der Waals surface area contributed by atoms with Crippen LogP contribution in [-0.2, 0) is 4.79 Å². The molecule has 124 valence electrons. The molecule has 0 fully saturated rings. The highest BCUT2D eigenvalue weighted by Crippen LogP contribution is 2.26. The molecule has 0 aliphatic rings. The van der Waals surface area contributed by atoms with Crippen molar-refractivity contribution < 1.29 is 9.53 Å². The molecule has 0 aliphatic heterocycles. The first-order chi connectivity index (χ1) is 11.4. The number of aryl methyl sites for hydroxylation is 3. The van der Waals surface area contributed by atoms with E-state index >= 15 is 0 Å². The molecule has 7 heteroatoms. The fourth-order valence-corrected chi connectivity index (χ4v) is 2.71. The number of aromatic nitrogens is 1. The maximum Gasteiger partial charge on any atom is 0.267 e. The summed E-state index contributed by atoms with van der Waals surface area (Å²) in [4.78, 5) is 17.7. The smallest absolute Gasteiger partial charge is 0.267 e. The van der Waals surface area contributed by atoms with Crippen molar-refractivity contribution in [3.05, 3.63) is 46.1 Å². The Morgan fingerprint density at radius 3 is 2.71 bits per heavy atom. The van der Waals surface area contributed by atoms with Gasteiger partial charge in [0.15, 0.2) is 5.13 Å². The van der Waals surface area contributed by atoms with Crippen molar-refractivity contribution >= 4 is 28.1 Å². The topological polar surface area (TPSA) is 87.0 Å². The first-order valence-electron chi connectivity index (χ1n) is 7.21. The zero-order valence-corrected chi connectivity index (χ0v) is 14.7. The van der Waals surface area contributed by atoms with Crippen LogP contribution in [0, 0.1) is 32.1 Å². The number of hydrogen-bond donors (Lipinski definition) is 2. The maximum absolute atomic E-state index is 12.3. The lowest BCUT2D eigenvalue weighted by Crippen LogP contribution is -2.15. The van der Waals surface area contributed by atoms with Crippen LogP contribution in [0.4, 0.5) is 10.8 Å². The van der Waals surface area contributed by atoms with Crippen LogP contribution in [0.25, 0.3) is 0 Å². The molecule has 0 radical (unpaired) electrons. The van der Waals surface area contributed by atoms with Crippen LogP contribution in [0.3, 0.4) is 0 Å². The van der Waals surface area contributed by atoms with Gasteiger partial charge >= 0.3 is 0 Å². The maximum atomic E-state index is 12.3. The lowest BCUT2D eigenvalue weighted by molar-refractivity contribution is -0.112. The van der Waals surface area contributed by atoms with Crippen molar-refractivity contribution in [3.63, 3.8) is 0 Å². The Bertz CT molecular complexity index is 814. The monoisotopic (exact) mass is 342 g/mol. The second kappa shape index (κ2) is 7.62. The van der Waals surface area contributed by atoms with Gasteiger partial charge in [-0.2, -0.15) is 5.26 Å². The van der Waals surface area contributed by atoms with Crippen LogP contribution in [-0.4, -0.2) is 18.0 Å². The lowest BCUT2D eigenvalue weighted by atomic mass is 10.2. The van der Waals surface area contributed by atoms with Gasteiger partial charge < -0.3 is 15.4 Å². The zero-order valence-electron chi connectivity index (χ0n) is 13.9. The fourth-order valence-electron chi connectivity index (χ4n) is 1.93. The Labute approximate surface area is 144 Å². The van der Waals surface area contributed by atoms with E-state index in [1.807, 2.05) is 32.9 Å². The molecule has 0 atom stereocenters. The van der Waals surface area contributed by atoms with E-state index in [9.17, 15) is 10.1 Å². The van der Waals surface area contributed by atoms with E-state index in [0.717, 1.165) is 16.1 Å². The number of nitriles is 1. The number of anilines is 2. The standard InChI is InChI=1S/C17H18N4O2S/c1-10-5-6-15(23-4)14(7-10)21-16(22)13(8-18)9-19-17-20-11(2)12(3)24-17/h5-7,9H,1-4H3,(H,19,20)(H,21,22)/b13-9-. The van der Waals surface area contributed by atoms with Crippen molar-refractivity contribution in [1.29, 1.82) is 5.26 Å². The summed E-state index contributed by atoms with van der Waals surface area (Å²) in [6, 6.07) is 7.32. The van der Waals surface area contributed by atoms with Gasteiger partial charge in [0.1, 0.15) is 17.4 Å². The molecule has 6 nitrogen and oxygen atoms in total. The summed E-state index contributed by atoms with van der Waals surface area (Å²) in [5, 5.41) is 15.5. The molecule has 1 aromatic heterocycles. The Hall–Kier alpha value is -2.85. The summed E-state index contributed by atoms with van der Waals surface area (Å²) in [6.07, 6.45) is 1.36. The highest BCUT2D eigenvalue weighted by Gasteiger charge is 2.13. The number of hydrogen-bond acceptors (Lipinski definition) is 6. The predicted molar refractivity (Wildman–Crippen MR) is 95.3 cm³/mol. The molecule has 0 bridgehead atoms. The van der Waals surface area contributed by atoms with Crippen molar-refractivity contribution in [2.75, 3.05) is 17.7 Å². The molecule has 0 aliphatic carbocycles. The normalized spacial score (nSPS) is 10.9. The number of thiazole rings is 1. The van der Waals surface area contributed by atoms with Gasteiger partial charge in [-0.15, -0.1) is 11.3 Å². The van der Waals surface area contributed by atoms with Gasteiger partial charge in [0.25, 0.3) is 5.91 Å². The first kappa shape index (κ1) is 17.5. The van der Waals surface area contributed by atoms with E-state index in [0.29, 0.717) is 16.6 Å². The second-order valence-electron chi connectivity index (χ2n) is 5.13.